The van der Waals surface area contributed by atoms with Gasteiger partial charge in [-0.15, -0.1) is 0 Å². The minimum atomic E-state index is 0.637. The van der Waals surface area contributed by atoms with E-state index in [1.807, 2.05) is 36.4 Å². The van der Waals surface area contributed by atoms with Gasteiger partial charge < -0.3 is 10.1 Å². The van der Waals surface area contributed by atoms with Gasteiger partial charge >= 0.3 is 0 Å². The van der Waals surface area contributed by atoms with Crippen molar-refractivity contribution in [3.05, 3.63) is 63.1 Å². The molecular weight excluding hydrogens is 338 g/mol. The van der Waals surface area contributed by atoms with Crippen LogP contribution in [0.5, 0.6) is 5.75 Å². The second-order valence-corrected chi connectivity index (χ2v) is 5.90. The van der Waals surface area contributed by atoms with Crippen molar-refractivity contribution in [3.63, 3.8) is 0 Å². The van der Waals surface area contributed by atoms with E-state index in [4.69, 9.17) is 16.3 Å². The van der Waals surface area contributed by atoms with Crippen LogP contribution in [0.25, 0.3) is 0 Å². The predicted octanol–water partition coefficient (Wildman–Crippen LogP) is 4.58. The Kier molecular flexibility index (Phi) is 5.89. The molecule has 2 rings (SSSR count). The molecule has 0 spiro atoms. The van der Waals surface area contributed by atoms with E-state index in [9.17, 15) is 0 Å². The number of rotatable bonds is 6. The highest BCUT2D eigenvalue weighted by Crippen LogP contribution is 2.21. The van der Waals surface area contributed by atoms with Crippen LogP contribution < -0.4 is 10.1 Å². The lowest BCUT2D eigenvalue weighted by atomic mass is 10.2. The summed E-state index contributed by atoms with van der Waals surface area (Å²) in [5, 5.41) is 4.09. The third-order valence-electron chi connectivity index (χ3n) is 2.87. The average Bonchev–Trinajstić information content (AvgIpc) is 2.41. The Morgan fingerprint density at radius 2 is 2.05 bits per heavy atom. The van der Waals surface area contributed by atoms with Crippen LogP contribution in [0, 0.1) is 6.92 Å². The summed E-state index contributed by atoms with van der Waals surface area (Å²) in [4.78, 5) is 0. The summed E-state index contributed by atoms with van der Waals surface area (Å²) in [6, 6.07) is 14.0. The molecule has 0 heterocycles. The number of hydrogen-bond acceptors (Lipinski definition) is 2. The van der Waals surface area contributed by atoms with Gasteiger partial charge in [0.2, 0.25) is 0 Å². The minimum Gasteiger partial charge on any atom is -0.492 e. The van der Waals surface area contributed by atoms with Crippen LogP contribution in [-0.4, -0.2) is 13.2 Å². The maximum absolute atomic E-state index is 6.15. The van der Waals surface area contributed by atoms with Gasteiger partial charge in [-0.1, -0.05) is 45.7 Å². The molecule has 0 bridgehead atoms. The molecule has 2 nitrogen and oxygen atoms in total. The fourth-order valence-corrected chi connectivity index (χ4v) is 2.57. The van der Waals surface area contributed by atoms with Crippen LogP contribution in [0.15, 0.2) is 46.9 Å². The van der Waals surface area contributed by atoms with Crippen LogP contribution >= 0.6 is 27.5 Å². The molecule has 20 heavy (non-hydrogen) atoms. The quantitative estimate of drug-likeness (QED) is 0.767. The van der Waals surface area contributed by atoms with Crippen molar-refractivity contribution < 1.29 is 4.74 Å². The Balaban J connectivity index is 1.71. The van der Waals surface area contributed by atoms with Gasteiger partial charge in [-0.2, -0.15) is 0 Å². The minimum absolute atomic E-state index is 0.637. The lowest BCUT2D eigenvalue weighted by molar-refractivity contribution is 0.313. The Bertz CT molecular complexity index is 574. The highest BCUT2D eigenvalue weighted by atomic mass is 79.9. The van der Waals surface area contributed by atoms with Gasteiger partial charge in [0.05, 0.1) is 0 Å². The van der Waals surface area contributed by atoms with E-state index >= 15 is 0 Å². The monoisotopic (exact) mass is 353 g/mol. The van der Waals surface area contributed by atoms with Gasteiger partial charge in [-0.3, -0.25) is 0 Å². The smallest absolute Gasteiger partial charge is 0.119 e. The topological polar surface area (TPSA) is 21.3 Å². The molecule has 1 N–H and O–H groups in total. The summed E-state index contributed by atoms with van der Waals surface area (Å²) >= 11 is 9.55. The molecule has 0 aromatic heterocycles. The molecule has 0 aliphatic heterocycles. The van der Waals surface area contributed by atoms with Gasteiger partial charge in [0, 0.05) is 22.6 Å². The van der Waals surface area contributed by atoms with E-state index in [0.29, 0.717) is 6.61 Å². The summed E-state index contributed by atoms with van der Waals surface area (Å²) < 4.78 is 6.67. The Hall–Kier alpha value is -1.03. The molecule has 4 heteroatoms. The largest absolute Gasteiger partial charge is 0.492 e. The second-order valence-electron chi connectivity index (χ2n) is 4.58. The molecular formula is C16H17BrClNO. The number of nitrogens with one attached hydrogen (secondary N) is 1. The highest BCUT2D eigenvalue weighted by molar-refractivity contribution is 9.10. The van der Waals surface area contributed by atoms with E-state index in [2.05, 4.69) is 34.2 Å². The first-order chi connectivity index (χ1) is 9.65. The van der Waals surface area contributed by atoms with Gasteiger partial charge in [-0.05, 0) is 42.3 Å². The molecule has 0 fully saturated rings. The molecule has 0 amide bonds. The van der Waals surface area contributed by atoms with Crippen LogP contribution in [0.1, 0.15) is 11.1 Å². The van der Waals surface area contributed by atoms with E-state index in [1.165, 1.54) is 5.56 Å². The van der Waals surface area contributed by atoms with Crippen LogP contribution in [-0.2, 0) is 6.54 Å². The standard InChI is InChI=1S/C16H17BrClNO/c1-12-3-2-4-15(9-12)20-8-7-19-11-13-5-6-14(17)10-16(13)18/h2-6,9-10,19H,7-8,11H2,1H3. The van der Waals surface area contributed by atoms with Crippen molar-refractivity contribution in [2.75, 3.05) is 13.2 Å². The third-order valence-corrected chi connectivity index (χ3v) is 3.71. The zero-order valence-corrected chi connectivity index (χ0v) is 13.7. The number of halogens is 2. The Morgan fingerprint density at radius 1 is 1.20 bits per heavy atom. The van der Waals surface area contributed by atoms with Crippen molar-refractivity contribution in [3.8, 4) is 5.75 Å². The van der Waals surface area contributed by atoms with E-state index in [0.717, 1.165) is 33.9 Å². The molecule has 0 saturated heterocycles. The second kappa shape index (κ2) is 7.67. The van der Waals surface area contributed by atoms with Crippen LogP contribution in [0.2, 0.25) is 5.02 Å². The normalized spacial score (nSPS) is 10.6. The molecule has 106 valence electrons. The van der Waals surface area contributed by atoms with E-state index in [1.54, 1.807) is 0 Å². The van der Waals surface area contributed by atoms with Crippen molar-refractivity contribution >= 4 is 27.5 Å². The molecule has 0 aliphatic rings. The fraction of sp³-hybridized carbons (Fsp3) is 0.250. The van der Waals surface area contributed by atoms with Gasteiger partial charge in [0.25, 0.3) is 0 Å². The van der Waals surface area contributed by atoms with Gasteiger partial charge in [0.15, 0.2) is 0 Å². The predicted molar refractivity (Wildman–Crippen MR) is 87.5 cm³/mol. The summed E-state index contributed by atoms with van der Waals surface area (Å²) in [7, 11) is 0. The number of hydrogen-bond donors (Lipinski definition) is 1. The zero-order chi connectivity index (χ0) is 14.4. The molecule has 0 aliphatic carbocycles. The van der Waals surface area contributed by atoms with E-state index < -0.39 is 0 Å². The number of benzene rings is 2. The van der Waals surface area contributed by atoms with Crippen LogP contribution in [0.4, 0.5) is 0 Å². The first-order valence-electron chi connectivity index (χ1n) is 6.49. The molecule has 2 aromatic carbocycles. The summed E-state index contributed by atoms with van der Waals surface area (Å²) in [6.07, 6.45) is 0. The van der Waals surface area contributed by atoms with Crippen molar-refractivity contribution in [2.24, 2.45) is 0 Å². The first-order valence-corrected chi connectivity index (χ1v) is 7.66. The molecule has 0 radical (unpaired) electrons. The van der Waals surface area contributed by atoms with Crippen molar-refractivity contribution in [1.82, 2.24) is 5.32 Å². The molecule has 0 unspecified atom stereocenters. The average molecular weight is 355 g/mol. The summed E-state index contributed by atoms with van der Waals surface area (Å²) in [6.45, 7) is 4.21. The first kappa shape index (κ1) is 15.4. The summed E-state index contributed by atoms with van der Waals surface area (Å²) in [5.41, 5.74) is 2.29. The SMILES string of the molecule is Cc1cccc(OCCNCc2ccc(Br)cc2Cl)c1. The number of ether oxygens (including phenoxy) is 1. The van der Waals surface area contributed by atoms with Gasteiger partial charge in [0.1, 0.15) is 12.4 Å². The Morgan fingerprint density at radius 3 is 2.80 bits per heavy atom. The van der Waals surface area contributed by atoms with Gasteiger partial charge in [-0.25, -0.2) is 0 Å². The summed E-state index contributed by atoms with van der Waals surface area (Å²) in [5.74, 6) is 0.911. The van der Waals surface area contributed by atoms with Crippen LogP contribution in [0.3, 0.4) is 0 Å². The number of aryl methyl sites for hydroxylation is 1. The maximum Gasteiger partial charge on any atom is 0.119 e. The lowest BCUT2D eigenvalue weighted by Gasteiger charge is -2.09. The lowest BCUT2D eigenvalue weighted by Crippen LogP contribution is -2.20. The van der Waals surface area contributed by atoms with Crippen molar-refractivity contribution in [2.45, 2.75) is 13.5 Å². The Labute approximate surface area is 133 Å². The molecule has 0 saturated carbocycles. The third kappa shape index (κ3) is 4.82. The zero-order valence-electron chi connectivity index (χ0n) is 11.3. The fourth-order valence-electron chi connectivity index (χ4n) is 1.83. The highest BCUT2D eigenvalue weighted by Gasteiger charge is 2.00. The molecule has 2 aromatic rings. The molecule has 0 atom stereocenters. The maximum atomic E-state index is 6.15. The van der Waals surface area contributed by atoms with Crippen molar-refractivity contribution in [1.29, 1.82) is 0 Å². The van der Waals surface area contributed by atoms with E-state index in [-0.39, 0.29) is 0 Å².